The van der Waals surface area contributed by atoms with Crippen molar-refractivity contribution in [2.24, 2.45) is 0 Å². The maximum atomic E-state index is 13.7. The van der Waals surface area contributed by atoms with E-state index < -0.39 is 26.6 Å². The minimum atomic E-state index is -0.803. The van der Waals surface area contributed by atoms with Crippen LogP contribution in [0.5, 0.6) is 5.75 Å². The van der Waals surface area contributed by atoms with Gasteiger partial charge in [0, 0.05) is 27.6 Å². The second-order valence-electron chi connectivity index (χ2n) is 13.8. The fourth-order valence-electron chi connectivity index (χ4n) is 5.78. The molecule has 1 aliphatic heterocycles. The van der Waals surface area contributed by atoms with Gasteiger partial charge in [-0.25, -0.2) is 0 Å². The van der Waals surface area contributed by atoms with Gasteiger partial charge in [0.1, 0.15) is 24.6 Å². The number of H-pyrrole nitrogens is 1. The highest BCUT2D eigenvalue weighted by atomic mass is 28.2. The van der Waals surface area contributed by atoms with Gasteiger partial charge in [-0.3, -0.25) is 4.79 Å². The van der Waals surface area contributed by atoms with Gasteiger partial charge in [0.25, 0.3) is 0 Å². The van der Waals surface area contributed by atoms with Gasteiger partial charge in [0.2, 0.25) is 0 Å². The van der Waals surface area contributed by atoms with Crippen LogP contribution < -0.4 is 4.74 Å². The molecule has 0 bridgehead atoms. The van der Waals surface area contributed by atoms with Crippen LogP contribution in [0.4, 0.5) is 0 Å². The highest BCUT2D eigenvalue weighted by Gasteiger charge is 2.50. The van der Waals surface area contributed by atoms with Crippen molar-refractivity contribution in [3.8, 4) is 11.8 Å². The van der Waals surface area contributed by atoms with E-state index in [2.05, 4.69) is 59.5 Å². The topological polar surface area (TPSA) is 93.6 Å². The van der Waals surface area contributed by atoms with Crippen molar-refractivity contribution >= 4 is 26.4 Å². The quantitative estimate of drug-likeness (QED) is 0.377. The Balaban J connectivity index is 1.40. The molecule has 0 unspecified atom stereocenters. The first-order valence-electron chi connectivity index (χ1n) is 13.9. The first kappa shape index (κ1) is 28.6. The number of hydrogen-bond acceptors (Lipinski definition) is 6. The molecule has 0 spiro atoms. The molecule has 2 aromatic carbocycles. The number of carbonyl (C=O) groups is 1. The van der Waals surface area contributed by atoms with Crippen molar-refractivity contribution in [2.75, 3.05) is 6.61 Å². The van der Waals surface area contributed by atoms with Crippen molar-refractivity contribution < 1.29 is 23.4 Å². The van der Waals surface area contributed by atoms with Gasteiger partial charge in [-0.2, -0.15) is 5.26 Å². The van der Waals surface area contributed by atoms with E-state index in [0.29, 0.717) is 29.0 Å². The van der Waals surface area contributed by atoms with E-state index in [0.717, 1.165) is 22.2 Å². The lowest BCUT2D eigenvalue weighted by Gasteiger charge is -2.36. The van der Waals surface area contributed by atoms with E-state index in [-0.39, 0.29) is 23.0 Å². The summed E-state index contributed by atoms with van der Waals surface area (Å²) in [5.74, 6) is -0.103. The summed E-state index contributed by atoms with van der Waals surface area (Å²) in [6, 6.07) is 13.3. The number of nitriles is 1. The zero-order chi connectivity index (χ0) is 29.3. The molecule has 1 fully saturated rings. The molecule has 1 N–H and O–H groups in total. The summed E-state index contributed by atoms with van der Waals surface area (Å²) in [7, 11) is -0.803. The number of aromatic amines is 1. The summed E-state index contributed by atoms with van der Waals surface area (Å²) in [4.78, 5) is 17.1. The smallest absolute Gasteiger partial charge is 0.195 e. The number of ketones is 1. The molecule has 2 atom stereocenters. The molecule has 7 nitrogen and oxygen atoms in total. The fourth-order valence-corrected chi connectivity index (χ4v) is 6.75. The summed E-state index contributed by atoms with van der Waals surface area (Å²) in [6.07, 6.45) is -0.612. The molecule has 5 rings (SSSR count). The fraction of sp³-hybridized carbons (Fsp3) is 0.500. The Morgan fingerprint density at radius 3 is 2.45 bits per heavy atom. The van der Waals surface area contributed by atoms with Gasteiger partial charge in [-0.15, -0.1) is 0 Å². The highest BCUT2D eigenvalue weighted by molar-refractivity contribution is 6.31. The molecule has 0 radical (unpaired) electrons. The van der Waals surface area contributed by atoms with Crippen molar-refractivity contribution in [1.29, 1.82) is 5.26 Å². The Labute approximate surface area is 239 Å². The number of benzene rings is 2. The molecule has 8 heteroatoms. The van der Waals surface area contributed by atoms with Crippen molar-refractivity contribution in [2.45, 2.75) is 96.4 Å². The maximum absolute atomic E-state index is 13.7. The van der Waals surface area contributed by atoms with E-state index in [1.165, 1.54) is 0 Å². The van der Waals surface area contributed by atoms with Crippen molar-refractivity contribution in [3.63, 3.8) is 0 Å². The SMILES string of the molecule is CC1(C)O[C@H](COc2ccc3c(c2)C(C)(C)c2[nH]c4cc(C#N)ccc4c2C3=O)[C@@H](C(C)(C)O[SiH2]C(C)(C)C)O1. The van der Waals surface area contributed by atoms with E-state index in [1.54, 1.807) is 12.1 Å². The lowest BCUT2D eigenvalue weighted by Crippen LogP contribution is -2.48. The third kappa shape index (κ3) is 5.12. The molecule has 212 valence electrons. The second-order valence-corrected chi connectivity index (χ2v) is 16.5. The van der Waals surface area contributed by atoms with Crippen LogP contribution in [-0.4, -0.2) is 50.7 Å². The molecule has 1 aromatic heterocycles. The normalized spacial score (nSPS) is 21.9. The van der Waals surface area contributed by atoms with Crippen LogP contribution in [0.1, 0.15) is 95.1 Å². The molecule has 1 saturated heterocycles. The number of aromatic nitrogens is 1. The van der Waals surface area contributed by atoms with E-state index >= 15 is 0 Å². The van der Waals surface area contributed by atoms with Crippen molar-refractivity contribution in [1.82, 2.24) is 4.98 Å². The largest absolute Gasteiger partial charge is 0.491 e. The summed E-state index contributed by atoms with van der Waals surface area (Å²) >= 11 is 0. The first-order chi connectivity index (χ1) is 18.5. The number of rotatable bonds is 6. The summed E-state index contributed by atoms with van der Waals surface area (Å²) < 4.78 is 25.4. The highest BCUT2D eigenvalue weighted by Crippen LogP contribution is 2.45. The summed E-state index contributed by atoms with van der Waals surface area (Å²) in [5.41, 5.74) is 3.43. The van der Waals surface area contributed by atoms with Crippen LogP contribution in [0.3, 0.4) is 0 Å². The van der Waals surface area contributed by atoms with Crippen LogP contribution in [0.15, 0.2) is 36.4 Å². The summed E-state index contributed by atoms with van der Waals surface area (Å²) in [5, 5.41) is 10.3. The van der Waals surface area contributed by atoms with Gasteiger partial charge >= 0.3 is 0 Å². The van der Waals surface area contributed by atoms with Crippen LogP contribution in [0.2, 0.25) is 5.04 Å². The van der Waals surface area contributed by atoms with E-state index in [4.69, 9.17) is 18.6 Å². The molecule has 0 saturated carbocycles. The predicted octanol–water partition coefficient (Wildman–Crippen LogP) is 5.91. The lowest BCUT2D eigenvalue weighted by molar-refractivity contribution is -0.162. The molecular weight excluding hydrogens is 520 g/mol. The Kier molecular flexibility index (Phi) is 6.82. The minimum absolute atomic E-state index is 0.0249. The Bertz CT molecular complexity index is 1520. The number of nitrogens with zero attached hydrogens (tertiary/aromatic N) is 1. The molecule has 0 amide bonds. The predicted molar refractivity (Wildman–Crippen MR) is 158 cm³/mol. The van der Waals surface area contributed by atoms with Crippen LogP contribution in [-0.2, 0) is 19.3 Å². The number of carbonyl (C=O) groups excluding carboxylic acids is 1. The number of hydrogen-bond donors (Lipinski definition) is 1. The van der Waals surface area contributed by atoms with E-state index in [1.807, 2.05) is 38.1 Å². The van der Waals surface area contributed by atoms with Gasteiger partial charge < -0.3 is 23.6 Å². The van der Waals surface area contributed by atoms with Crippen molar-refractivity contribution in [3.05, 3.63) is 64.3 Å². The average molecular weight is 561 g/mol. The average Bonchev–Trinajstić information content (AvgIpc) is 3.42. The Morgan fingerprint density at radius 1 is 1.05 bits per heavy atom. The monoisotopic (exact) mass is 560 g/mol. The van der Waals surface area contributed by atoms with Crippen LogP contribution in [0, 0.1) is 11.3 Å². The minimum Gasteiger partial charge on any atom is -0.491 e. The molecule has 1 aliphatic carbocycles. The third-order valence-electron chi connectivity index (χ3n) is 7.85. The maximum Gasteiger partial charge on any atom is 0.195 e. The number of nitrogens with one attached hydrogen (secondary N) is 1. The van der Waals surface area contributed by atoms with Gasteiger partial charge in [-0.05, 0) is 68.6 Å². The van der Waals surface area contributed by atoms with E-state index in [9.17, 15) is 10.1 Å². The molecule has 40 heavy (non-hydrogen) atoms. The molecular formula is C32H40N2O5Si. The molecule has 2 heterocycles. The Morgan fingerprint density at radius 2 is 1.77 bits per heavy atom. The standard InChI is InChI=1S/C32H40N2O5Si/c1-29(2,3)40-39-31(6,7)28-24(37-32(8,9)38-28)17-36-19-11-13-20-22(15-19)30(4,5)27-25(26(20)35)21-12-10-18(16-33)14-23(21)34-27/h10-15,24,28,34H,17,40H2,1-9H3/t24-,28+/m1/s1. The van der Waals surface area contributed by atoms with Crippen LogP contribution >= 0.6 is 0 Å². The second kappa shape index (κ2) is 9.56. The number of fused-ring (bicyclic) bond motifs is 4. The third-order valence-corrected chi connectivity index (χ3v) is 9.60. The molecule has 3 aromatic rings. The zero-order valence-electron chi connectivity index (χ0n) is 25.0. The molecule has 2 aliphatic rings. The Hall–Kier alpha value is -2.96. The van der Waals surface area contributed by atoms with Crippen LogP contribution in [0.25, 0.3) is 10.9 Å². The lowest BCUT2D eigenvalue weighted by atomic mass is 9.71. The first-order valence-corrected chi connectivity index (χ1v) is 15.2. The van der Waals surface area contributed by atoms with Gasteiger partial charge in [0.15, 0.2) is 21.3 Å². The zero-order valence-corrected chi connectivity index (χ0v) is 26.4. The summed E-state index contributed by atoms with van der Waals surface area (Å²) in [6.45, 7) is 19.1. The number of ether oxygens (including phenoxy) is 3. The van der Waals surface area contributed by atoms with Gasteiger partial charge in [0.05, 0.1) is 22.8 Å². The van der Waals surface area contributed by atoms with Gasteiger partial charge in [-0.1, -0.05) is 40.7 Å².